The first-order valence-electron chi connectivity index (χ1n) is 6.47. The Bertz CT molecular complexity index is 442. The maximum Gasteiger partial charge on any atom is 0.339 e. The lowest BCUT2D eigenvalue weighted by Gasteiger charge is -2.26. The lowest BCUT2D eigenvalue weighted by molar-refractivity contribution is 0.0384. The molecule has 0 aliphatic carbocycles. The molecule has 104 valence electrons. The number of ether oxygens (including phenoxy) is 2. The van der Waals surface area contributed by atoms with Gasteiger partial charge >= 0.3 is 5.97 Å². The monoisotopic (exact) mass is 264 g/mol. The Morgan fingerprint density at radius 3 is 2.84 bits per heavy atom. The van der Waals surface area contributed by atoms with Gasteiger partial charge in [0.15, 0.2) is 0 Å². The Balaban J connectivity index is 1.98. The molecule has 1 fully saturated rings. The molecule has 0 atom stereocenters. The second-order valence-electron chi connectivity index (χ2n) is 4.62. The number of hydrogen-bond donors (Lipinski definition) is 1. The van der Waals surface area contributed by atoms with Crippen LogP contribution in [0.4, 0.5) is 5.69 Å². The van der Waals surface area contributed by atoms with Crippen LogP contribution < -0.4 is 5.73 Å². The first kappa shape index (κ1) is 13.8. The molecule has 0 saturated carbocycles. The first-order chi connectivity index (χ1) is 9.20. The number of benzene rings is 1. The molecule has 1 heterocycles. The summed E-state index contributed by atoms with van der Waals surface area (Å²) < 4.78 is 10.0. The van der Waals surface area contributed by atoms with E-state index in [1.807, 2.05) is 12.1 Å². The predicted octanol–water partition coefficient (Wildman–Crippen LogP) is 0.930. The summed E-state index contributed by atoms with van der Waals surface area (Å²) >= 11 is 0. The Hall–Kier alpha value is -1.59. The van der Waals surface area contributed by atoms with Gasteiger partial charge in [-0.05, 0) is 24.1 Å². The fourth-order valence-electron chi connectivity index (χ4n) is 2.16. The van der Waals surface area contributed by atoms with Crippen LogP contribution >= 0.6 is 0 Å². The summed E-state index contributed by atoms with van der Waals surface area (Å²) in [6.45, 7) is 4.51. The number of anilines is 1. The van der Waals surface area contributed by atoms with E-state index >= 15 is 0 Å². The van der Waals surface area contributed by atoms with Gasteiger partial charge in [0, 0.05) is 25.3 Å². The van der Waals surface area contributed by atoms with Crippen molar-refractivity contribution in [3.8, 4) is 0 Å². The number of nitrogens with two attached hydrogens (primary N) is 1. The molecule has 5 nitrogen and oxygen atoms in total. The number of esters is 1. The third-order valence-corrected chi connectivity index (χ3v) is 3.34. The fraction of sp³-hybridized carbons (Fsp3) is 0.500. The molecule has 1 aromatic rings. The summed E-state index contributed by atoms with van der Waals surface area (Å²) in [4.78, 5) is 13.9. The highest BCUT2D eigenvalue weighted by molar-refractivity contribution is 5.95. The van der Waals surface area contributed by atoms with Gasteiger partial charge in [0.05, 0.1) is 25.9 Å². The number of rotatable bonds is 4. The number of nitrogens with zero attached hydrogens (tertiary/aromatic N) is 1. The van der Waals surface area contributed by atoms with Gasteiger partial charge in [0.25, 0.3) is 0 Å². The van der Waals surface area contributed by atoms with E-state index in [1.54, 1.807) is 6.07 Å². The highest BCUT2D eigenvalue weighted by Crippen LogP contribution is 2.16. The van der Waals surface area contributed by atoms with E-state index in [-0.39, 0.29) is 5.97 Å². The molecule has 1 aliphatic heterocycles. The second kappa shape index (κ2) is 6.54. The molecule has 0 unspecified atom stereocenters. The van der Waals surface area contributed by atoms with Crippen LogP contribution in [-0.2, 0) is 15.9 Å². The lowest BCUT2D eigenvalue weighted by Crippen LogP contribution is -2.37. The summed E-state index contributed by atoms with van der Waals surface area (Å²) in [5.74, 6) is -0.384. The van der Waals surface area contributed by atoms with Crippen molar-refractivity contribution in [1.29, 1.82) is 0 Å². The van der Waals surface area contributed by atoms with Crippen LogP contribution in [0.15, 0.2) is 18.2 Å². The molecule has 0 radical (unpaired) electrons. The fourth-order valence-corrected chi connectivity index (χ4v) is 2.16. The number of nitrogen functional groups attached to an aromatic ring is 1. The molecule has 2 rings (SSSR count). The highest BCUT2D eigenvalue weighted by atomic mass is 16.5. The van der Waals surface area contributed by atoms with Gasteiger partial charge in [-0.1, -0.05) is 6.07 Å². The Morgan fingerprint density at radius 1 is 1.42 bits per heavy atom. The highest BCUT2D eigenvalue weighted by Gasteiger charge is 2.13. The van der Waals surface area contributed by atoms with Crippen molar-refractivity contribution in [2.45, 2.75) is 6.42 Å². The van der Waals surface area contributed by atoms with Crippen LogP contribution in [0.5, 0.6) is 0 Å². The smallest absolute Gasteiger partial charge is 0.339 e. The third-order valence-electron chi connectivity index (χ3n) is 3.34. The zero-order valence-corrected chi connectivity index (χ0v) is 11.2. The molecule has 0 amide bonds. The number of methoxy groups -OCH3 is 1. The van der Waals surface area contributed by atoms with Crippen molar-refractivity contribution < 1.29 is 14.3 Å². The van der Waals surface area contributed by atoms with Crippen LogP contribution in [-0.4, -0.2) is 50.8 Å². The quantitative estimate of drug-likeness (QED) is 0.647. The van der Waals surface area contributed by atoms with Gasteiger partial charge in [-0.3, -0.25) is 4.90 Å². The van der Waals surface area contributed by atoms with Gasteiger partial charge in [0.1, 0.15) is 0 Å². The number of carbonyl (C=O) groups is 1. The third kappa shape index (κ3) is 3.68. The summed E-state index contributed by atoms with van der Waals surface area (Å²) in [6, 6.07) is 5.55. The average molecular weight is 264 g/mol. The summed E-state index contributed by atoms with van der Waals surface area (Å²) in [5, 5.41) is 0. The molecule has 0 aromatic heterocycles. The maximum atomic E-state index is 11.6. The Morgan fingerprint density at radius 2 is 2.16 bits per heavy atom. The molecular weight excluding hydrogens is 244 g/mol. The van der Waals surface area contributed by atoms with Crippen molar-refractivity contribution >= 4 is 11.7 Å². The largest absolute Gasteiger partial charge is 0.465 e. The number of morpholine rings is 1. The minimum atomic E-state index is -0.384. The SMILES string of the molecule is COC(=O)c1cc(CCN2CCOCC2)ccc1N. The van der Waals surface area contributed by atoms with Crippen LogP contribution in [0.1, 0.15) is 15.9 Å². The summed E-state index contributed by atoms with van der Waals surface area (Å²) in [5.41, 5.74) is 7.78. The van der Waals surface area contributed by atoms with E-state index in [4.69, 9.17) is 15.2 Å². The maximum absolute atomic E-state index is 11.6. The molecular formula is C14H20N2O3. The van der Waals surface area contributed by atoms with E-state index in [0.29, 0.717) is 11.3 Å². The van der Waals surface area contributed by atoms with Crippen molar-refractivity contribution in [2.75, 3.05) is 45.7 Å². The average Bonchev–Trinajstić information content (AvgIpc) is 2.46. The minimum Gasteiger partial charge on any atom is -0.465 e. The van der Waals surface area contributed by atoms with Crippen molar-refractivity contribution in [1.82, 2.24) is 4.90 Å². The normalized spacial score (nSPS) is 16.3. The Kier molecular flexibility index (Phi) is 4.76. The minimum absolute atomic E-state index is 0.384. The number of hydrogen-bond acceptors (Lipinski definition) is 5. The van der Waals surface area contributed by atoms with Crippen LogP contribution in [0.25, 0.3) is 0 Å². The van der Waals surface area contributed by atoms with Gasteiger partial charge < -0.3 is 15.2 Å². The molecule has 0 bridgehead atoms. The molecule has 1 aromatic carbocycles. The van der Waals surface area contributed by atoms with E-state index in [1.165, 1.54) is 7.11 Å². The number of carbonyl (C=O) groups excluding carboxylic acids is 1. The van der Waals surface area contributed by atoms with Crippen LogP contribution in [0.2, 0.25) is 0 Å². The van der Waals surface area contributed by atoms with Gasteiger partial charge in [-0.25, -0.2) is 4.79 Å². The standard InChI is InChI=1S/C14H20N2O3/c1-18-14(17)12-10-11(2-3-13(12)15)4-5-16-6-8-19-9-7-16/h2-3,10H,4-9,15H2,1H3. The van der Waals surface area contributed by atoms with E-state index in [2.05, 4.69) is 4.90 Å². The lowest BCUT2D eigenvalue weighted by atomic mass is 10.1. The molecule has 2 N–H and O–H groups in total. The topological polar surface area (TPSA) is 64.8 Å². The zero-order valence-electron chi connectivity index (χ0n) is 11.2. The molecule has 1 saturated heterocycles. The second-order valence-corrected chi connectivity index (χ2v) is 4.62. The summed E-state index contributed by atoms with van der Waals surface area (Å²) in [6.07, 6.45) is 0.893. The van der Waals surface area contributed by atoms with E-state index < -0.39 is 0 Å². The van der Waals surface area contributed by atoms with Gasteiger partial charge in [-0.15, -0.1) is 0 Å². The van der Waals surface area contributed by atoms with Crippen LogP contribution in [0.3, 0.4) is 0 Å². The van der Waals surface area contributed by atoms with Gasteiger partial charge in [-0.2, -0.15) is 0 Å². The molecule has 0 spiro atoms. The van der Waals surface area contributed by atoms with E-state index in [0.717, 1.165) is 44.8 Å². The summed E-state index contributed by atoms with van der Waals surface area (Å²) in [7, 11) is 1.36. The van der Waals surface area contributed by atoms with E-state index in [9.17, 15) is 4.79 Å². The predicted molar refractivity (Wildman–Crippen MR) is 73.2 cm³/mol. The van der Waals surface area contributed by atoms with Crippen molar-refractivity contribution in [3.63, 3.8) is 0 Å². The van der Waals surface area contributed by atoms with Gasteiger partial charge in [0.2, 0.25) is 0 Å². The van der Waals surface area contributed by atoms with Crippen LogP contribution in [0, 0.1) is 0 Å². The zero-order chi connectivity index (χ0) is 13.7. The first-order valence-corrected chi connectivity index (χ1v) is 6.47. The van der Waals surface area contributed by atoms with Crippen molar-refractivity contribution in [3.05, 3.63) is 29.3 Å². The molecule has 5 heteroatoms. The Labute approximate surface area is 113 Å². The molecule has 1 aliphatic rings. The molecule has 19 heavy (non-hydrogen) atoms. The van der Waals surface area contributed by atoms with Crippen molar-refractivity contribution in [2.24, 2.45) is 0 Å².